The first-order chi connectivity index (χ1) is 6.63. The first-order valence-electron chi connectivity index (χ1n) is 4.50. The molecule has 0 amide bonds. The molecule has 1 rings (SSSR count). The number of hydrogen-bond acceptors (Lipinski definition) is 4. The van der Waals surface area contributed by atoms with E-state index in [4.69, 9.17) is 11.0 Å². The van der Waals surface area contributed by atoms with Gasteiger partial charge in [0.2, 0.25) is 0 Å². The van der Waals surface area contributed by atoms with E-state index in [1.54, 1.807) is 6.07 Å². The number of rotatable bonds is 3. The molecular weight excluding hydrogens is 176 g/mol. The van der Waals surface area contributed by atoms with E-state index in [0.717, 1.165) is 5.69 Å². The minimum atomic E-state index is 0.0452. The van der Waals surface area contributed by atoms with E-state index in [1.165, 1.54) is 0 Å². The van der Waals surface area contributed by atoms with Gasteiger partial charge in [0.1, 0.15) is 11.9 Å². The Hall–Kier alpha value is -1.60. The second-order valence-electron chi connectivity index (χ2n) is 3.32. The molecule has 0 spiro atoms. The van der Waals surface area contributed by atoms with Crippen LogP contribution in [0.2, 0.25) is 0 Å². The van der Waals surface area contributed by atoms with Crippen LogP contribution < -0.4 is 11.1 Å². The van der Waals surface area contributed by atoms with Crippen LogP contribution in [0.4, 0.5) is 5.82 Å². The van der Waals surface area contributed by atoms with Crippen LogP contribution in [0, 0.1) is 18.3 Å². The van der Waals surface area contributed by atoms with Crippen molar-refractivity contribution in [3.8, 4) is 6.07 Å². The van der Waals surface area contributed by atoms with Crippen molar-refractivity contribution in [3.05, 3.63) is 23.4 Å². The van der Waals surface area contributed by atoms with Gasteiger partial charge in [0.25, 0.3) is 0 Å². The molecule has 0 aromatic carbocycles. The summed E-state index contributed by atoms with van der Waals surface area (Å²) in [6.45, 7) is 4.40. The standard InChI is InChI=1S/C10H14N4/c1-7(12)6-13-10-9(5-11)4-3-8(2)14-10/h3-4,7H,6,12H2,1-2H3,(H,13,14). The lowest BCUT2D eigenvalue weighted by Gasteiger charge is -2.09. The van der Waals surface area contributed by atoms with Crippen molar-refractivity contribution in [2.24, 2.45) is 5.73 Å². The van der Waals surface area contributed by atoms with E-state index < -0.39 is 0 Å². The number of hydrogen-bond donors (Lipinski definition) is 2. The zero-order chi connectivity index (χ0) is 10.6. The zero-order valence-electron chi connectivity index (χ0n) is 8.41. The molecule has 0 bridgehead atoms. The average molecular weight is 190 g/mol. The van der Waals surface area contributed by atoms with Crippen LogP contribution in [0.1, 0.15) is 18.2 Å². The lowest BCUT2D eigenvalue weighted by Crippen LogP contribution is -2.25. The van der Waals surface area contributed by atoms with Gasteiger partial charge in [-0.15, -0.1) is 0 Å². The molecule has 1 unspecified atom stereocenters. The number of anilines is 1. The molecule has 0 aliphatic carbocycles. The van der Waals surface area contributed by atoms with Crippen molar-refractivity contribution in [3.63, 3.8) is 0 Å². The molecule has 1 atom stereocenters. The molecule has 0 saturated carbocycles. The summed E-state index contributed by atoms with van der Waals surface area (Å²) in [7, 11) is 0. The summed E-state index contributed by atoms with van der Waals surface area (Å²) in [6.07, 6.45) is 0. The van der Waals surface area contributed by atoms with E-state index in [-0.39, 0.29) is 6.04 Å². The van der Waals surface area contributed by atoms with E-state index in [2.05, 4.69) is 16.4 Å². The molecule has 1 heterocycles. The van der Waals surface area contributed by atoms with Crippen LogP contribution >= 0.6 is 0 Å². The lowest BCUT2D eigenvalue weighted by atomic mass is 10.2. The fourth-order valence-corrected chi connectivity index (χ4v) is 1.04. The van der Waals surface area contributed by atoms with Crippen molar-refractivity contribution < 1.29 is 0 Å². The van der Waals surface area contributed by atoms with Gasteiger partial charge in [0, 0.05) is 18.3 Å². The third kappa shape index (κ3) is 2.71. The fraction of sp³-hybridized carbons (Fsp3) is 0.400. The Morgan fingerprint density at radius 2 is 2.36 bits per heavy atom. The molecule has 4 heteroatoms. The highest BCUT2D eigenvalue weighted by molar-refractivity contribution is 5.52. The fourth-order valence-electron chi connectivity index (χ4n) is 1.04. The maximum Gasteiger partial charge on any atom is 0.144 e. The Kier molecular flexibility index (Phi) is 3.43. The quantitative estimate of drug-likeness (QED) is 0.746. The number of nitrogens with two attached hydrogens (primary N) is 1. The summed E-state index contributed by atoms with van der Waals surface area (Å²) < 4.78 is 0. The van der Waals surface area contributed by atoms with Crippen LogP contribution in [0.15, 0.2) is 12.1 Å². The van der Waals surface area contributed by atoms with Crippen molar-refractivity contribution in [2.45, 2.75) is 19.9 Å². The maximum absolute atomic E-state index is 8.81. The number of nitrogens with zero attached hydrogens (tertiary/aromatic N) is 2. The largest absolute Gasteiger partial charge is 0.367 e. The first-order valence-corrected chi connectivity index (χ1v) is 4.50. The molecule has 74 valence electrons. The van der Waals surface area contributed by atoms with Crippen molar-refractivity contribution >= 4 is 5.82 Å². The van der Waals surface area contributed by atoms with E-state index in [9.17, 15) is 0 Å². The van der Waals surface area contributed by atoms with E-state index in [0.29, 0.717) is 17.9 Å². The van der Waals surface area contributed by atoms with Crippen molar-refractivity contribution in [1.82, 2.24) is 4.98 Å². The first kappa shape index (κ1) is 10.5. The third-order valence-electron chi connectivity index (χ3n) is 1.75. The SMILES string of the molecule is Cc1ccc(C#N)c(NCC(C)N)n1. The predicted octanol–water partition coefficient (Wildman–Crippen LogP) is 1.02. The molecule has 1 aromatic heterocycles. The normalized spacial score (nSPS) is 11.9. The second-order valence-corrected chi connectivity index (χ2v) is 3.32. The molecule has 4 nitrogen and oxygen atoms in total. The molecule has 14 heavy (non-hydrogen) atoms. The van der Waals surface area contributed by atoms with Gasteiger partial charge in [0.15, 0.2) is 0 Å². The Morgan fingerprint density at radius 3 is 2.93 bits per heavy atom. The summed E-state index contributed by atoms with van der Waals surface area (Å²) in [5.41, 5.74) is 7.03. The van der Waals surface area contributed by atoms with Crippen molar-refractivity contribution in [1.29, 1.82) is 5.26 Å². The van der Waals surface area contributed by atoms with Crippen LogP contribution in [-0.2, 0) is 0 Å². The van der Waals surface area contributed by atoms with Gasteiger partial charge in [0.05, 0.1) is 5.56 Å². The van der Waals surface area contributed by atoms with Gasteiger partial charge in [-0.25, -0.2) is 4.98 Å². The van der Waals surface area contributed by atoms with E-state index >= 15 is 0 Å². The van der Waals surface area contributed by atoms with Gasteiger partial charge in [-0.05, 0) is 26.0 Å². The zero-order valence-corrected chi connectivity index (χ0v) is 8.41. The highest BCUT2D eigenvalue weighted by Crippen LogP contribution is 2.11. The summed E-state index contributed by atoms with van der Waals surface area (Å²) in [5, 5.41) is 11.9. The van der Waals surface area contributed by atoms with Gasteiger partial charge >= 0.3 is 0 Å². The van der Waals surface area contributed by atoms with E-state index in [1.807, 2.05) is 19.9 Å². The molecular formula is C10H14N4. The van der Waals surface area contributed by atoms with Gasteiger partial charge in [-0.1, -0.05) is 0 Å². The van der Waals surface area contributed by atoms with Crippen LogP contribution in [-0.4, -0.2) is 17.6 Å². The lowest BCUT2D eigenvalue weighted by molar-refractivity contribution is 0.776. The summed E-state index contributed by atoms with van der Waals surface area (Å²) in [5.74, 6) is 0.616. The monoisotopic (exact) mass is 190 g/mol. The minimum absolute atomic E-state index is 0.0452. The minimum Gasteiger partial charge on any atom is -0.367 e. The molecule has 0 saturated heterocycles. The molecule has 0 fully saturated rings. The molecule has 0 aliphatic heterocycles. The van der Waals surface area contributed by atoms with Gasteiger partial charge < -0.3 is 11.1 Å². The second kappa shape index (κ2) is 4.58. The predicted molar refractivity (Wildman–Crippen MR) is 55.8 cm³/mol. The van der Waals surface area contributed by atoms with Crippen LogP contribution in [0.3, 0.4) is 0 Å². The number of aryl methyl sites for hydroxylation is 1. The highest BCUT2D eigenvalue weighted by Gasteiger charge is 2.03. The van der Waals surface area contributed by atoms with Crippen LogP contribution in [0.5, 0.6) is 0 Å². The molecule has 1 aromatic rings. The number of nitriles is 1. The summed E-state index contributed by atoms with van der Waals surface area (Å²) in [6, 6.07) is 5.70. The number of pyridine rings is 1. The smallest absolute Gasteiger partial charge is 0.144 e. The summed E-state index contributed by atoms with van der Waals surface area (Å²) in [4.78, 5) is 4.23. The summed E-state index contributed by atoms with van der Waals surface area (Å²) >= 11 is 0. The highest BCUT2D eigenvalue weighted by atomic mass is 15.0. The van der Waals surface area contributed by atoms with Crippen LogP contribution in [0.25, 0.3) is 0 Å². The third-order valence-corrected chi connectivity index (χ3v) is 1.75. The molecule has 0 aliphatic rings. The molecule has 0 radical (unpaired) electrons. The van der Waals surface area contributed by atoms with Gasteiger partial charge in [-0.2, -0.15) is 5.26 Å². The van der Waals surface area contributed by atoms with Gasteiger partial charge in [-0.3, -0.25) is 0 Å². The number of aromatic nitrogens is 1. The Morgan fingerprint density at radius 1 is 1.64 bits per heavy atom. The Bertz CT molecular complexity index is 352. The Labute approximate surface area is 83.8 Å². The van der Waals surface area contributed by atoms with Crippen molar-refractivity contribution in [2.75, 3.05) is 11.9 Å². The Balaban J connectivity index is 2.84. The number of nitrogens with one attached hydrogen (secondary N) is 1. The average Bonchev–Trinajstić information content (AvgIpc) is 2.15. The maximum atomic E-state index is 8.81. The molecule has 3 N–H and O–H groups in total. The topological polar surface area (TPSA) is 74.7 Å².